The van der Waals surface area contributed by atoms with Gasteiger partial charge in [0.25, 0.3) is 17.6 Å². The number of carbonyl (C=O) groups excluding carboxylic acids is 1. The zero-order valence-electron chi connectivity index (χ0n) is 18.2. The van der Waals surface area contributed by atoms with Crippen molar-refractivity contribution < 1.29 is 22.8 Å². The van der Waals surface area contributed by atoms with Gasteiger partial charge in [0.15, 0.2) is 11.5 Å². The van der Waals surface area contributed by atoms with Crippen molar-refractivity contribution in [3.05, 3.63) is 70.5 Å². The Morgan fingerprint density at radius 3 is 2.79 bits per heavy atom. The largest absolute Gasteiger partial charge is 0.481 e. The van der Waals surface area contributed by atoms with Crippen LogP contribution >= 0.6 is 11.6 Å². The fourth-order valence-electron chi connectivity index (χ4n) is 3.41. The lowest BCUT2D eigenvalue weighted by Crippen LogP contribution is -2.40. The van der Waals surface area contributed by atoms with Gasteiger partial charge in [-0.15, -0.1) is 0 Å². The summed E-state index contributed by atoms with van der Waals surface area (Å²) in [6.07, 6.45) is 2.41. The Kier molecular flexibility index (Phi) is 6.24. The number of hydrogen-bond acceptors (Lipinski definition) is 8. The van der Waals surface area contributed by atoms with E-state index in [1.807, 2.05) is 6.92 Å². The summed E-state index contributed by atoms with van der Waals surface area (Å²) in [5, 5.41) is 10.8. The molecule has 176 valence electrons. The standard InChI is InChI=1S/C21H18ClF2N7O3/c1-21(14-5-4-6-15(22)28-14,12-9-27-31(2)20(12)33-3)10-26-18(32)17-29-19(34-30-17)16-13(24)7-11(23)8-25-16/h4-9H,10H2,1-3H3,(H,26,32). The first-order valence-electron chi connectivity index (χ1n) is 9.85. The van der Waals surface area contributed by atoms with Crippen molar-refractivity contribution in [1.29, 1.82) is 0 Å². The molecule has 34 heavy (non-hydrogen) atoms. The third kappa shape index (κ3) is 4.31. The first kappa shape index (κ1) is 23.2. The summed E-state index contributed by atoms with van der Waals surface area (Å²) in [5.41, 5.74) is -0.0879. The predicted octanol–water partition coefficient (Wildman–Crippen LogP) is 2.94. The zero-order chi connectivity index (χ0) is 24.5. The summed E-state index contributed by atoms with van der Waals surface area (Å²) in [6, 6.07) is 5.76. The van der Waals surface area contributed by atoms with Gasteiger partial charge in [-0.25, -0.2) is 23.4 Å². The molecule has 4 aromatic rings. The molecule has 0 bridgehead atoms. The van der Waals surface area contributed by atoms with Crippen LogP contribution in [0, 0.1) is 11.6 Å². The van der Waals surface area contributed by atoms with Crippen LogP contribution in [0.3, 0.4) is 0 Å². The maximum atomic E-state index is 14.0. The summed E-state index contributed by atoms with van der Waals surface area (Å²) in [4.78, 5) is 24.7. The van der Waals surface area contributed by atoms with E-state index in [1.165, 1.54) is 7.11 Å². The molecule has 13 heteroatoms. The molecule has 4 rings (SSSR count). The molecule has 0 fully saturated rings. The van der Waals surface area contributed by atoms with Crippen LogP contribution in [0.2, 0.25) is 5.15 Å². The second-order valence-corrected chi connectivity index (χ2v) is 7.85. The number of rotatable bonds is 7. The Bertz CT molecular complexity index is 1360. The minimum atomic E-state index is -1.00. The highest BCUT2D eigenvalue weighted by molar-refractivity contribution is 6.29. The molecule has 10 nitrogen and oxygen atoms in total. The summed E-state index contributed by atoms with van der Waals surface area (Å²) in [6.45, 7) is 1.86. The highest BCUT2D eigenvalue weighted by Gasteiger charge is 2.36. The number of methoxy groups -OCH3 is 1. The molecule has 0 aliphatic carbocycles. The fraction of sp³-hybridized carbons (Fsp3) is 0.238. The van der Waals surface area contributed by atoms with E-state index in [-0.39, 0.29) is 29.1 Å². The quantitative estimate of drug-likeness (QED) is 0.393. The third-order valence-electron chi connectivity index (χ3n) is 5.19. The van der Waals surface area contributed by atoms with Crippen LogP contribution in [0.15, 0.2) is 41.2 Å². The molecule has 0 aliphatic rings. The molecular formula is C21H18ClF2N7O3. The molecule has 0 spiro atoms. The fourth-order valence-corrected chi connectivity index (χ4v) is 3.57. The first-order chi connectivity index (χ1) is 16.2. The van der Waals surface area contributed by atoms with Crippen molar-refractivity contribution >= 4 is 17.5 Å². The SMILES string of the molecule is COc1c(C(C)(CNC(=O)c2noc(-c3ncc(F)cc3F)n2)c2cccc(Cl)n2)cnn1C. The number of amides is 1. The molecule has 0 saturated heterocycles. The van der Waals surface area contributed by atoms with Gasteiger partial charge in [0.2, 0.25) is 5.88 Å². The predicted molar refractivity (Wildman–Crippen MR) is 115 cm³/mol. The van der Waals surface area contributed by atoms with E-state index < -0.39 is 23.0 Å². The molecule has 4 aromatic heterocycles. The Labute approximate surface area is 196 Å². The van der Waals surface area contributed by atoms with Gasteiger partial charge in [0.1, 0.15) is 11.0 Å². The zero-order valence-corrected chi connectivity index (χ0v) is 19.0. The van der Waals surface area contributed by atoms with E-state index in [9.17, 15) is 13.6 Å². The van der Waals surface area contributed by atoms with E-state index in [2.05, 4.69) is 30.5 Å². The molecule has 4 heterocycles. The van der Waals surface area contributed by atoms with Crippen LogP contribution in [0.1, 0.15) is 28.8 Å². The van der Waals surface area contributed by atoms with E-state index in [0.29, 0.717) is 23.2 Å². The Morgan fingerprint density at radius 1 is 1.29 bits per heavy atom. The lowest BCUT2D eigenvalue weighted by Gasteiger charge is -2.29. The van der Waals surface area contributed by atoms with Gasteiger partial charge in [-0.3, -0.25) is 4.79 Å². The summed E-state index contributed by atoms with van der Waals surface area (Å²) in [7, 11) is 3.23. The topological polar surface area (TPSA) is 121 Å². The van der Waals surface area contributed by atoms with E-state index >= 15 is 0 Å². The number of pyridine rings is 2. The molecule has 0 radical (unpaired) electrons. The van der Waals surface area contributed by atoms with Crippen molar-refractivity contribution in [3.63, 3.8) is 0 Å². The molecule has 0 saturated carbocycles. The van der Waals surface area contributed by atoms with E-state index in [4.69, 9.17) is 20.9 Å². The van der Waals surface area contributed by atoms with E-state index in [0.717, 1.165) is 6.20 Å². The molecule has 1 atom stereocenters. The summed E-state index contributed by atoms with van der Waals surface area (Å²) >= 11 is 6.12. The van der Waals surface area contributed by atoms with Gasteiger partial charge < -0.3 is 14.6 Å². The monoisotopic (exact) mass is 489 g/mol. The number of aromatic nitrogens is 6. The van der Waals surface area contributed by atoms with E-state index in [1.54, 1.807) is 36.1 Å². The summed E-state index contributed by atoms with van der Waals surface area (Å²) in [5.74, 6) is -2.82. The summed E-state index contributed by atoms with van der Waals surface area (Å²) < 4.78 is 39.1. The second kappa shape index (κ2) is 9.14. The van der Waals surface area contributed by atoms with Gasteiger partial charge in [-0.1, -0.05) is 22.8 Å². The number of carbonyl (C=O) groups is 1. The molecule has 0 aromatic carbocycles. The average molecular weight is 490 g/mol. The second-order valence-electron chi connectivity index (χ2n) is 7.46. The van der Waals surface area contributed by atoms with Crippen molar-refractivity contribution in [3.8, 4) is 17.5 Å². The van der Waals surface area contributed by atoms with Crippen LogP contribution in [-0.2, 0) is 12.5 Å². The first-order valence-corrected chi connectivity index (χ1v) is 10.2. The Balaban J connectivity index is 1.62. The number of halogens is 3. The number of nitrogens with one attached hydrogen (secondary N) is 1. The molecule has 1 amide bonds. The maximum Gasteiger partial charge on any atom is 0.292 e. The Morgan fingerprint density at radius 2 is 2.09 bits per heavy atom. The van der Waals surface area contributed by atoms with Crippen molar-refractivity contribution in [2.45, 2.75) is 12.3 Å². The molecule has 1 N–H and O–H groups in total. The van der Waals surface area contributed by atoms with Crippen LogP contribution in [0.25, 0.3) is 11.6 Å². The molecule has 0 aliphatic heterocycles. The van der Waals surface area contributed by atoms with Gasteiger partial charge in [-0.2, -0.15) is 10.1 Å². The smallest absolute Gasteiger partial charge is 0.292 e. The lowest BCUT2D eigenvalue weighted by molar-refractivity contribution is 0.0933. The van der Waals surface area contributed by atoms with Crippen LogP contribution < -0.4 is 10.1 Å². The molecular weight excluding hydrogens is 472 g/mol. The van der Waals surface area contributed by atoms with Crippen LogP contribution in [0.4, 0.5) is 8.78 Å². The highest BCUT2D eigenvalue weighted by Crippen LogP contribution is 2.36. The minimum Gasteiger partial charge on any atom is -0.481 e. The normalized spacial score (nSPS) is 12.9. The van der Waals surface area contributed by atoms with Crippen molar-refractivity contribution in [2.75, 3.05) is 13.7 Å². The van der Waals surface area contributed by atoms with Gasteiger partial charge in [0, 0.05) is 25.2 Å². The number of hydrogen-bond donors (Lipinski definition) is 1. The third-order valence-corrected chi connectivity index (χ3v) is 5.41. The van der Waals surface area contributed by atoms with Crippen LogP contribution in [-0.4, -0.2) is 49.5 Å². The van der Waals surface area contributed by atoms with Gasteiger partial charge in [0.05, 0.1) is 30.6 Å². The van der Waals surface area contributed by atoms with Crippen molar-refractivity contribution in [2.24, 2.45) is 7.05 Å². The molecule has 1 unspecified atom stereocenters. The Hall–Kier alpha value is -3.93. The van der Waals surface area contributed by atoms with Crippen molar-refractivity contribution in [1.82, 2.24) is 35.2 Å². The number of aryl methyl sites for hydroxylation is 1. The van der Waals surface area contributed by atoms with Crippen LogP contribution in [0.5, 0.6) is 5.88 Å². The lowest BCUT2D eigenvalue weighted by atomic mass is 9.80. The maximum absolute atomic E-state index is 14.0. The van der Waals surface area contributed by atoms with Gasteiger partial charge in [-0.05, 0) is 19.1 Å². The number of ether oxygens (including phenoxy) is 1. The number of nitrogens with zero attached hydrogens (tertiary/aromatic N) is 6. The van der Waals surface area contributed by atoms with Gasteiger partial charge >= 0.3 is 0 Å². The highest BCUT2D eigenvalue weighted by atomic mass is 35.5. The average Bonchev–Trinajstić information content (AvgIpc) is 3.44. The minimum absolute atomic E-state index is 0.0221.